The Labute approximate surface area is 190 Å². The van der Waals surface area contributed by atoms with E-state index in [2.05, 4.69) is 0 Å². The number of ether oxygens (including phenoxy) is 1. The zero-order chi connectivity index (χ0) is 22.8. The maximum absolute atomic E-state index is 12.1. The topological polar surface area (TPSA) is 83.9 Å². The van der Waals surface area contributed by atoms with E-state index in [9.17, 15) is 13.2 Å². The number of hydrogen-bond donors (Lipinski definition) is 1. The fourth-order valence-corrected chi connectivity index (χ4v) is 4.36. The number of carboxylic acids is 1. The Hall–Kier alpha value is -2.74. The zero-order valence-corrected chi connectivity index (χ0v) is 19.0. The number of carbonyl (C=O) groups is 1. The molecule has 0 amide bonds. The van der Waals surface area contributed by atoms with Gasteiger partial charge in [0, 0.05) is 5.56 Å². The summed E-state index contributed by atoms with van der Waals surface area (Å²) in [6, 6.07) is 17.5. The fraction of sp³-hybridized carbons (Fsp3) is 0.136. The average molecular weight is 480 g/mol. The van der Waals surface area contributed by atoms with Gasteiger partial charge in [-0.15, -0.1) is 0 Å². The normalized spacial score (nSPS) is 11.2. The maximum Gasteiger partial charge on any atom is 0.324 e. The summed E-state index contributed by atoms with van der Waals surface area (Å²) in [5.74, 6) is -0.139. The Balaban J connectivity index is 1.92. The van der Waals surface area contributed by atoms with Gasteiger partial charge >= 0.3 is 5.97 Å². The highest BCUT2D eigenvalue weighted by Crippen LogP contribution is 2.36. The Bertz CT molecular complexity index is 1230. The van der Waals surface area contributed by atoms with Crippen molar-refractivity contribution in [2.75, 3.05) is 17.1 Å². The van der Waals surface area contributed by atoms with Gasteiger partial charge in [-0.2, -0.15) is 0 Å². The lowest BCUT2D eigenvalue weighted by Gasteiger charge is -2.23. The van der Waals surface area contributed by atoms with Gasteiger partial charge in [0.05, 0.1) is 22.0 Å². The first-order valence-corrected chi connectivity index (χ1v) is 11.7. The smallest absolute Gasteiger partial charge is 0.324 e. The minimum atomic E-state index is -3.80. The van der Waals surface area contributed by atoms with Crippen LogP contribution in [0.3, 0.4) is 0 Å². The molecule has 6 nitrogen and oxygen atoms in total. The number of para-hydroxylation sites is 1. The number of rotatable bonds is 7. The standard InChI is InChI=1S/C22H19Cl2NO5S/c1-14-11-17(19(24)12-20(14)25(13-22(26)27)31(2,28)29)15-7-9-16(10-8-15)30-21-6-4-3-5-18(21)23/h3-12H,13H2,1-2H3,(H,26,27). The Kier molecular flexibility index (Phi) is 6.79. The number of carboxylic acid groups (broad SMARTS) is 1. The summed E-state index contributed by atoms with van der Waals surface area (Å²) in [6.45, 7) is 1.01. The summed E-state index contributed by atoms with van der Waals surface area (Å²) in [7, 11) is -3.80. The van der Waals surface area contributed by atoms with Crippen molar-refractivity contribution in [2.24, 2.45) is 0 Å². The van der Waals surface area contributed by atoms with Crippen LogP contribution in [0.1, 0.15) is 5.56 Å². The monoisotopic (exact) mass is 479 g/mol. The lowest BCUT2D eigenvalue weighted by atomic mass is 10.0. The first kappa shape index (κ1) is 22.9. The predicted molar refractivity (Wildman–Crippen MR) is 123 cm³/mol. The molecule has 3 aromatic carbocycles. The number of anilines is 1. The van der Waals surface area contributed by atoms with Gasteiger partial charge in [-0.3, -0.25) is 9.10 Å². The summed E-state index contributed by atoms with van der Waals surface area (Å²) in [4.78, 5) is 11.1. The first-order valence-electron chi connectivity index (χ1n) is 9.08. The van der Waals surface area contributed by atoms with Gasteiger partial charge in [0.15, 0.2) is 0 Å². The van der Waals surface area contributed by atoms with Crippen LogP contribution in [0, 0.1) is 6.92 Å². The molecular weight excluding hydrogens is 461 g/mol. The number of aryl methyl sites for hydroxylation is 1. The minimum Gasteiger partial charge on any atom is -0.480 e. The van der Waals surface area contributed by atoms with Crippen molar-refractivity contribution in [1.29, 1.82) is 0 Å². The molecule has 0 heterocycles. The third kappa shape index (κ3) is 5.50. The van der Waals surface area contributed by atoms with Crippen LogP contribution >= 0.6 is 23.2 Å². The maximum atomic E-state index is 12.1. The van der Waals surface area contributed by atoms with Crippen LogP contribution in [0.15, 0.2) is 60.7 Å². The van der Waals surface area contributed by atoms with Gasteiger partial charge < -0.3 is 9.84 Å². The summed E-state index contributed by atoms with van der Waals surface area (Å²) in [6.07, 6.45) is 0.953. The molecule has 0 aromatic heterocycles. The molecule has 0 saturated heterocycles. The van der Waals surface area contributed by atoms with E-state index in [4.69, 9.17) is 33.0 Å². The molecule has 0 radical (unpaired) electrons. The third-order valence-corrected chi connectivity index (χ3v) is 6.21. The van der Waals surface area contributed by atoms with Crippen molar-refractivity contribution in [3.05, 3.63) is 76.3 Å². The summed E-state index contributed by atoms with van der Waals surface area (Å²) in [5.41, 5.74) is 2.26. The van der Waals surface area contributed by atoms with Crippen LogP contribution in [0.4, 0.5) is 5.69 Å². The van der Waals surface area contributed by atoms with Crippen LogP contribution < -0.4 is 9.04 Å². The van der Waals surface area contributed by atoms with Crippen molar-refractivity contribution in [2.45, 2.75) is 6.92 Å². The summed E-state index contributed by atoms with van der Waals surface area (Å²) >= 11 is 12.6. The number of aliphatic carboxylic acids is 1. The van der Waals surface area contributed by atoms with E-state index < -0.39 is 22.5 Å². The Morgan fingerprint density at radius 2 is 1.68 bits per heavy atom. The molecule has 0 fully saturated rings. The Morgan fingerprint density at radius 1 is 1.03 bits per heavy atom. The molecule has 3 rings (SSSR count). The summed E-state index contributed by atoms with van der Waals surface area (Å²) < 4.78 is 30.8. The minimum absolute atomic E-state index is 0.220. The van der Waals surface area contributed by atoms with Crippen molar-refractivity contribution in [3.8, 4) is 22.6 Å². The molecule has 162 valence electrons. The van der Waals surface area contributed by atoms with E-state index in [0.29, 0.717) is 32.7 Å². The van der Waals surface area contributed by atoms with Crippen molar-refractivity contribution < 1.29 is 23.1 Å². The lowest BCUT2D eigenvalue weighted by molar-refractivity contribution is -0.135. The second-order valence-electron chi connectivity index (χ2n) is 6.84. The quantitative estimate of drug-likeness (QED) is 0.475. The third-order valence-electron chi connectivity index (χ3n) is 4.46. The van der Waals surface area contributed by atoms with Crippen LogP contribution in [0.25, 0.3) is 11.1 Å². The lowest BCUT2D eigenvalue weighted by Crippen LogP contribution is -2.35. The average Bonchev–Trinajstić information content (AvgIpc) is 2.69. The highest BCUT2D eigenvalue weighted by atomic mass is 35.5. The second kappa shape index (κ2) is 9.18. The molecular formula is C22H19Cl2NO5S. The second-order valence-corrected chi connectivity index (χ2v) is 9.56. The molecule has 3 aromatic rings. The fourth-order valence-electron chi connectivity index (χ4n) is 3.02. The molecule has 0 atom stereocenters. The number of nitrogens with zero attached hydrogens (tertiary/aromatic N) is 1. The highest BCUT2D eigenvalue weighted by molar-refractivity contribution is 7.92. The molecule has 0 bridgehead atoms. The van der Waals surface area contributed by atoms with E-state index in [0.717, 1.165) is 16.1 Å². The van der Waals surface area contributed by atoms with Crippen LogP contribution in [0.5, 0.6) is 11.5 Å². The molecule has 31 heavy (non-hydrogen) atoms. The van der Waals surface area contributed by atoms with Gasteiger partial charge in [-0.05, 0) is 54.4 Å². The van der Waals surface area contributed by atoms with Gasteiger partial charge in [-0.25, -0.2) is 8.42 Å². The molecule has 0 spiro atoms. The number of benzene rings is 3. The first-order chi connectivity index (χ1) is 14.6. The SMILES string of the molecule is Cc1cc(-c2ccc(Oc3ccccc3Cl)cc2)c(Cl)cc1N(CC(=O)O)S(C)(=O)=O. The molecule has 0 saturated carbocycles. The van der Waals surface area contributed by atoms with Crippen LogP contribution in [-0.4, -0.2) is 32.3 Å². The largest absolute Gasteiger partial charge is 0.480 e. The van der Waals surface area contributed by atoms with E-state index in [1.54, 1.807) is 37.3 Å². The molecule has 0 aliphatic carbocycles. The number of sulfonamides is 1. The van der Waals surface area contributed by atoms with Crippen molar-refractivity contribution >= 4 is 44.9 Å². The number of halogens is 2. The van der Waals surface area contributed by atoms with Crippen LogP contribution in [-0.2, 0) is 14.8 Å². The van der Waals surface area contributed by atoms with Crippen LogP contribution in [0.2, 0.25) is 10.0 Å². The van der Waals surface area contributed by atoms with E-state index >= 15 is 0 Å². The molecule has 0 unspecified atom stereocenters. The van der Waals surface area contributed by atoms with Crippen molar-refractivity contribution in [3.63, 3.8) is 0 Å². The Morgan fingerprint density at radius 3 is 2.26 bits per heavy atom. The predicted octanol–water partition coefficient (Wildman–Crippen LogP) is 5.61. The van der Waals surface area contributed by atoms with Gasteiger partial charge in [-0.1, -0.05) is 47.5 Å². The van der Waals surface area contributed by atoms with Gasteiger partial charge in [0.25, 0.3) is 0 Å². The van der Waals surface area contributed by atoms with Gasteiger partial charge in [0.2, 0.25) is 10.0 Å². The van der Waals surface area contributed by atoms with E-state index in [-0.39, 0.29) is 5.69 Å². The molecule has 0 aliphatic rings. The molecule has 0 aliphatic heterocycles. The number of hydrogen-bond acceptors (Lipinski definition) is 4. The van der Waals surface area contributed by atoms with E-state index in [1.807, 2.05) is 24.3 Å². The molecule has 9 heteroatoms. The van der Waals surface area contributed by atoms with Gasteiger partial charge in [0.1, 0.15) is 18.0 Å². The highest BCUT2D eigenvalue weighted by Gasteiger charge is 2.23. The zero-order valence-electron chi connectivity index (χ0n) is 16.7. The molecule has 1 N–H and O–H groups in total. The van der Waals surface area contributed by atoms with E-state index in [1.165, 1.54) is 6.07 Å². The van der Waals surface area contributed by atoms with Crippen molar-refractivity contribution in [1.82, 2.24) is 0 Å². The summed E-state index contributed by atoms with van der Waals surface area (Å²) in [5, 5.41) is 9.88.